The molecule has 0 atom stereocenters. The number of nitrogens with two attached hydrogens (primary N) is 2. The lowest BCUT2D eigenvalue weighted by Crippen LogP contribution is -2.47. The fraction of sp³-hybridized carbons (Fsp3) is 0.294. The summed E-state index contributed by atoms with van der Waals surface area (Å²) in [5.41, 5.74) is 20.4. The Morgan fingerprint density at radius 2 is 1.22 bits per heavy atom. The second-order valence-corrected chi connectivity index (χ2v) is 7.15. The van der Waals surface area contributed by atoms with Crippen molar-refractivity contribution < 1.29 is 0 Å². The first-order valence-electron chi connectivity index (χ1n) is 7.53. The molecule has 0 spiro atoms. The number of nitrogens with zero attached hydrogens (tertiary/aromatic N) is 2. The van der Waals surface area contributed by atoms with Crippen molar-refractivity contribution in [3.05, 3.63) is 44.4 Å². The molecule has 2 aliphatic rings. The van der Waals surface area contributed by atoms with Gasteiger partial charge < -0.3 is 21.3 Å². The molecule has 2 bridgehead atoms. The van der Waals surface area contributed by atoms with Crippen LogP contribution in [0.25, 0.3) is 0 Å². The summed E-state index contributed by atoms with van der Waals surface area (Å²) in [6.45, 7) is 6.36. The second kappa shape index (κ2) is 4.86. The standard InChI is InChI=1S/C17H18Cl2N4/c1-8-10-5-22-7-23(16(10)12(18)3-14(8)20)6-11-9(2)15(21)4-13(19)17(11)22/h3-4H,5-7,20-21H2,1-2H3. The number of anilines is 4. The van der Waals surface area contributed by atoms with Gasteiger partial charge in [-0.15, -0.1) is 0 Å². The molecular formula is C17H18Cl2N4. The third-order valence-corrected chi connectivity index (χ3v) is 5.61. The number of benzene rings is 2. The molecule has 6 heteroatoms. The third kappa shape index (κ3) is 1.98. The Morgan fingerprint density at radius 3 is 1.61 bits per heavy atom. The molecule has 2 aromatic rings. The summed E-state index contributed by atoms with van der Waals surface area (Å²) >= 11 is 13.0. The van der Waals surface area contributed by atoms with Crippen molar-refractivity contribution in [1.29, 1.82) is 0 Å². The molecule has 2 aromatic carbocycles. The van der Waals surface area contributed by atoms with Crippen molar-refractivity contribution in [3.63, 3.8) is 0 Å². The van der Waals surface area contributed by atoms with Crippen molar-refractivity contribution in [2.75, 3.05) is 27.9 Å². The molecule has 0 saturated heterocycles. The molecule has 4 nitrogen and oxygen atoms in total. The molecule has 120 valence electrons. The molecule has 0 fully saturated rings. The maximum absolute atomic E-state index is 6.50. The second-order valence-electron chi connectivity index (χ2n) is 6.34. The van der Waals surface area contributed by atoms with E-state index < -0.39 is 0 Å². The van der Waals surface area contributed by atoms with Crippen LogP contribution in [-0.2, 0) is 13.1 Å². The molecule has 0 aromatic heterocycles. The minimum absolute atomic E-state index is 0.707. The molecule has 0 unspecified atom stereocenters. The van der Waals surface area contributed by atoms with Crippen LogP contribution in [-0.4, -0.2) is 6.67 Å². The Labute approximate surface area is 145 Å². The van der Waals surface area contributed by atoms with Crippen LogP contribution in [0.1, 0.15) is 22.3 Å². The molecule has 2 aliphatic heterocycles. The van der Waals surface area contributed by atoms with Crippen LogP contribution in [0.5, 0.6) is 0 Å². The predicted molar refractivity (Wildman–Crippen MR) is 98.4 cm³/mol. The highest BCUT2D eigenvalue weighted by Gasteiger charge is 2.34. The summed E-state index contributed by atoms with van der Waals surface area (Å²) in [6.07, 6.45) is 0. The Hall–Kier alpha value is -1.78. The summed E-state index contributed by atoms with van der Waals surface area (Å²) in [4.78, 5) is 4.55. The van der Waals surface area contributed by atoms with Gasteiger partial charge in [-0.1, -0.05) is 23.2 Å². The zero-order valence-electron chi connectivity index (χ0n) is 13.1. The summed E-state index contributed by atoms with van der Waals surface area (Å²) in [5, 5.41) is 1.41. The van der Waals surface area contributed by atoms with E-state index in [1.807, 2.05) is 26.0 Å². The Kier molecular flexibility index (Phi) is 3.12. The SMILES string of the molecule is Cc1c(N)cc(Cl)c2c1CN1CN2Cc2c(C)c(N)cc(Cl)c21. The van der Waals surface area contributed by atoms with Crippen LogP contribution in [0.4, 0.5) is 22.7 Å². The van der Waals surface area contributed by atoms with Gasteiger partial charge in [0.25, 0.3) is 0 Å². The molecule has 4 rings (SSSR count). The van der Waals surface area contributed by atoms with Crippen LogP contribution in [0.3, 0.4) is 0 Å². The van der Waals surface area contributed by atoms with Gasteiger partial charge in [-0.2, -0.15) is 0 Å². The van der Waals surface area contributed by atoms with Crippen LogP contribution in [0, 0.1) is 13.8 Å². The van der Waals surface area contributed by atoms with Gasteiger partial charge in [0.15, 0.2) is 0 Å². The van der Waals surface area contributed by atoms with E-state index in [4.69, 9.17) is 34.7 Å². The van der Waals surface area contributed by atoms with E-state index >= 15 is 0 Å². The number of halogens is 2. The van der Waals surface area contributed by atoms with Gasteiger partial charge in [0.1, 0.15) is 0 Å². The number of nitrogen functional groups attached to an aromatic ring is 2. The van der Waals surface area contributed by atoms with Crippen molar-refractivity contribution >= 4 is 46.0 Å². The van der Waals surface area contributed by atoms with Crippen molar-refractivity contribution in [2.24, 2.45) is 0 Å². The highest BCUT2D eigenvalue weighted by atomic mass is 35.5. The lowest BCUT2D eigenvalue weighted by atomic mass is 9.95. The number of fused-ring (bicyclic) bond motifs is 6. The Bertz CT molecular complexity index is 778. The summed E-state index contributed by atoms with van der Waals surface area (Å²) in [7, 11) is 0. The highest BCUT2D eigenvalue weighted by Crippen LogP contribution is 2.47. The van der Waals surface area contributed by atoms with E-state index in [-0.39, 0.29) is 0 Å². The van der Waals surface area contributed by atoms with Gasteiger partial charge in [-0.05, 0) is 37.1 Å². The van der Waals surface area contributed by atoms with E-state index in [2.05, 4.69) is 9.80 Å². The maximum Gasteiger partial charge on any atom is 0.0911 e. The van der Waals surface area contributed by atoms with Gasteiger partial charge in [0.05, 0.1) is 28.1 Å². The third-order valence-electron chi connectivity index (χ3n) is 5.03. The van der Waals surface area contributed by atoms with E-state index in [0.29, 0.717) is 10.0 Å². The molecule has 0 amide bonds. The van der Waals surface area contributed by atoms with E-state index in [0.717, 1.165) is 53.6 Å². The highest BCUT2D eigenvalue weighted by molar-refractivity contribution is 6.34. The topological polar surface area (TPSA) is 58.5 Å². The predicted octanol–water partition coefficient (Wildman–Crippen LogP) is 4.07. The lowest BCUT2D eigenvalue weighted by molar-refractivity contribution is 0.647. The van der Waals surface area contributed by atoms with E-state index in [1.165, 1.54) is 11.1 Å². The zero-order chi connectivity index (χ0) is 16.5. The van der Waals surface area contributed by atoms with Crippen LogP contribution in [0.2, 0.25) is 10.0 Å². The largest absolute Gasteiger partial charge is 0.398 e. The monoisotopic (exact) mass is 348 g/mol. The first-order chi connectivity index (χ1) is 10.9. The summed E-state index contributed by atoms with van der Waals surface area (Å²) < 4.78 is 0. The Morgan fingerprint density at radius 1 is 0.826 bits per heavy atom. The smallest absolute Gasteiger partial charge is 0.0911 e. The molecule has 0 radical (unpaired) electrons. The van der Waals surface area contributed by atoms with Gasteiger partial charge in [0.2, 0.25) is 0 Å². The quantitative estimate of drug-likeness (QED) is 0.704. The van der Waals surface area contributed by atoms with Gasteiger partial charge >= 0.3 is 0 Å². The normalized spacial score (nSPS) is 15.5. The van der Waals surface area contributed by atoms with Crippen LogP contribution in [0.15, 0.2) is 12.1 Å². The fourth-order valence-corrected chi connectivity index (χ4v) is 4.38. The molecule has 0 aliphatic carbocycles. The number of hydrogen-bond acceptors (Lipinski definition) is 4. The summed E-state index contributed by atoms with van der Waals surface area (Å²) in [5.74, 6) is 0. The number of hydrogen-bond donors (Lipinski definition) is 2. The van der Waals surface area contributed by atoms with Crippen molar-refractivity contribution in [3.8, 4) is 0 Å². The molecular weight excluding hydrogens is 331 g/mol. The van der Waals surface area contributed by atoms with E-state index in [9.17, 15) is 0 Å². The van der Waals surface area contributed by atoms with E-state index in [1.54, 1.807) is 0 Å². The molecule has 4 N–H and O–H groups in total. The average molecular weight is 349 g/mol. The molecule has 2 heterocycles. The van der Waals surface area contributed by atoms with Gasteiger partial charge in [-0.3, -0.25) is 0 Å². The lowest BCUT2D eigenvalue weighted by Gasteiger charge is -2.46. The van der Waals surface area contributed by atoms with Crippen molar-refractivity contribution in [2.45, 2.75) is 26.9 Å². The number of rotatable bonds is 0. The van der Waals surface area contributed by atoms with Gasteiger partial charge in [0, 0.05) is 35.6 Å². The first kappa shape index (κ1) is 14.8. The maximum atomic E-state index is 6.50. The van der Waals surface area contributed by atoms with Crippen LogP contribution < -0.4 is 21.3 Å². The average Bonchev–Trinajstić information content (AvgIpc) is 2.49. The molecule has 23 heavy (non-hydrogen) atoms. The fourth-order valence-electron chi connectivity index (χ4n) is 3.68. The first-order valence-corrected chi connectivity index (χ1v) is 8.29. The van der Waals surface area contributed by atoms with Gasteiger partial charge in [-0.25, -0.2) is 0 Å². The molecule has 0 saturated carbocycles. The Balaban J connectivity index is 1.94. The zero-order valence-corrected chi connectivity index (χ0v) is 14.6. The summed E-state index contributed by atoms with van der Waals surface area (Å²) in [6, 6.07) is 3.69. The minimum atomic E-state index is 0.707. The van der Waals surface area contributed by atoms with Crippen molar-refractivity contribution in [1.82, 2.24) is 0 Å². The minimum Gasteiger partial charge on any atom is -0.398 e. The van der Waals surface area contributed by atoms with Crippen LogP contribution >= 0.6 is 23.2 Å².